The molecule has 136 valence electrons. The number of nitrogens with zero attached hydrogens (tertiary/aromatic N) is 1. The number of nitrogens with one attached hydrogen (secondary N) is 1. The quantitative estimate of drug-likeness (QED) is 0.812. The zero-order valence-corrected chi connectivity index (χ0v) is 15.5. The summed E-state index contributed by atoms with van der Waals surface area (Å²) >= 11 is 0. The van der Waals surface area contributed by atoms with Crippen LogP contribution in [0.25, 0.3) is 0 Å². The molecule has 1 atom stereocenters. The number of aryl methyl sites for hydroxylation is 2. The molecule has 1 heterocycles. The summed E-state index contributed by atoms with van der Waals surface area (Å²) in [6.07, 6.45) is 2.13. The second-order valence-electron chi connectivity index (χ2n) is 7.00. The van der Waals surface area contributed by atoms with Crippen LogP contribution < -0.4 is 10.2 Å². The number of carbonyl (C=O) groups excluding carboxylic acids is 2. The molecular formula is C22H26N2O2. The first-order valence-electron chi connectivity index (χ1n) is 9.24. The van der Waals surface area contributed by atoms with Crippen molar-refractivity contribution in [2.45, 2.75) is 33.1 Å². The molecule has 2 aromatic carbocycles. The van der Waals surface area contributed by atoms with Gasteiger partial charge in [-0.15, -0.1) is 0 Å². The van der Waals surface area contributed by atoms with Crippen LogP contribution in [0.5, 0.6) is 0 Å². The van der Waals surface area contributed by atoms with Crippen molar-refractivity contribution in [3.63, 3.8) is 0 Å². The van der Waals surface area contributed by atoms with Crippen LogP contribution in [0.15, 0.2) is 48.5 Å². The third-order valence-electron chi connectivity index (χ3n) is 5.15. The first-order chi connectivity index (χ1) is 12.6. The van der Waals surface area contributed by atoms with Crippen molar-refractivity contribution in [3.8, 4) is 0 Å². The van der Waals surface area contributed by atoms with Gasteiger partial charge in [-0.25, -0.2) is 0 Å². The van der Waals surface area contributed by atoms with Crippen molar-refractivity contribution in [1.82, 2.24) is 5.32 Å². The summed E-state index contributed by atoms with van der Waals surface area (Å²) in [6.45, 7) is 5.17. The van der Waals surface area contributed by atoms with Crippen LogP contribution in [0.1, 0.15) is 29.5 Å². The number of hydrogen-bond donors (Lipinski definition) is 1. The lowest BCUT2D eigenvalue weighted by atomic mass is 10.1. The van der Waals surface area contributed by atoms with Crippen LogP contribution in [-0.4, -0.2) is 24.9 Å². The first kappa shape index (κ1) is 18.2. The summed E-state index contributed by atoms with van der Waals surface area (Å²) < 4.78 is 0. The summed E-state index contributed by atoms with van der Waals surface area (Å²) in [5, 5.41) is 3.00. The largest absolute Gasteiger partial charge is 0.356 e. The molecule has 0 radical (unpaired) electrons. The molecule has 1 saturated heterocycles. The summed E-state index contributed by atoms with van der Waals surface area (Å²) in [5.74, 6) is -0.249. The topological polar surface area (TPSA) is 49.4 Å². The molecule has 0 aromatic heterocycles. The minimum Gasteiger partial charge on any atom is -0.356 e. The summed E-state index contributed by atoms with van der Waals surface area (Å²) in [4.78, 5) is 26.6. The van der Waals surface area contributed by atoms with Crippen molar-refractivity contribution in [2.24, 2.45) is 5.92 Å². The molecule has 0 spiro atoms. The Labute approximate surface area is 155 Å². The predicted octanol–water partition coefficient (Wildman–Crippen LogP) is 3.41. The monoisotopic (exact) mass is 350 g/mol. The van der Waals surface area contributed by atoms with Gasteiger partial charge in [0, 0.05) is 25.2 Å². The number of hydrogen-bond acceptors (Lipinski definition) is 2. The fourth-order valence-corrected chi connectivity index (χ4v) is 3.44. The van der Waals surface area contributed by atoms with E-state index in [1.54, 1.807) is 4.90 Å². The molecule has 2 aromatic rings. The average molecular weight is 350 g/mol. The van der Waals surface area contributed by atoms with E-state index < -0.39 is 0 Å². The van der Waals surface area contributed by atoms with Crippen molar-refractivity contribution in [1.29, 1.82) is 0 Å². The van der Waals surface area contributed by atoms with E-state index >= 15 is 0 Å². The van der Waals surface area contributed by atoms with Gasteiger partial charge in [-0.3, -0.25) is 9.59 Å². The lowest BCUT2D eigenvalue weighted by Gasteiger charge is -2.20. The molecule has 4 nitrogen and oxygen atoms in total. The fourth-order valence-electron chi connectivity index (χ4n) is 3.44. The Morgan fingerprint density at radius 2 is 1.88 bits per heavy atom. The Morgan fingerprint density at radius 3 is 2.65 bits per heavy atom. The smallest absolute Gasteiger partial charge is 0.227 e. The highest BCUT2D eigenvalue weighted by atomic mass is 16.2. The summed E-state index contributed by atoms with van der Waals surface area (Å²) in [5.41, 5.74) is 4.46. The number of amides is 2. The number of anilines is 1. The lowest BCUT2D eigenvalue weighted by molar-refractivity contribution is -0.126. The zero-order valence-electron chi connectivity index (χ0n) is 15.5. The first-order valence-corrected chi connectivity index (χ1v) is 9.24. The molecule has 0 aliphatic carbocycles. The molecule has 26 heavy (non-hydrogen) atoms. The third-order valence-corrected chi connectivity index (χ3v) is 5.15. The maximum absolute atomic E-state index is 12.4. The molecule has 1 unspecified atom stereocenters. The Morgan fingerprint density at radius 1 is 1.12 bits per heavy atom. The molecule has 4 heteroatoms. The van der Waals surface area contributed by atoms with Gasteiger partial charge >= 0.3 is 0 Å². The van der Waals surface area contributed by atoms with Crippen LogP contribution >= 0.6 is 0 Å². The van der Waals surface area contributed by atoms with E-state index in [0.29, 0.717) is 13.1 Å². The second kappa shape index (κ2) is 8.17. The molecule has 1 aliphatic heterocycles. The van der Waals surface area contributed by atoms with Gasteiger partial charge in [-0.05, 0) is 49.4 Å². The van der Waals surface area contributed by atoms with E-state index in [2.05, 4.69) is 17.4 Å². The van der Waals surface area contributed by atoms with Crippen LogP contribution in [0, 0.1) is 19.8 Å². The van der Waals surface area contributed by atoms with Crippen molar-refractivity contribution in [3.05, 3.63) is 65.2 Å². The van der Waals surface area contributed by atoms with E-state index in [0.717, 1.165) is 29.7 Å². The van der Waals surface area contributed by atoms with E-state index in [1.807, 2.05) is 50.2 Å². The van der Waals surface area contributed by atoms with E-state index in [1.165, 1.54) is 5.56 Å². The van der Waals surface area contributed by atoms with Gasteiger partial charge in [0.1, 0.15) is 0 Å². The molecule has 0 saturated carbocycles. The predicted molar refractivity (Wildman–Crippen MR) is 104 cm³/mol. The Kier molecular flexibility index (Phi) is 5.71. The van der Waals surface area contributed by atoms with E-state index in [-0.39, 0.29) is 24.2 Å². The van der Waals surface area contributed by atoms with Crippen LogP contribution in [0.4, 0.5) is 5.69 Å². The number of benzene rings is 2. The third kappa shape index (κ3) is 4.13. The van der Waals surface area contributed by atoms with Gasteiger partial charge in [0.2, 0.25) is 11.8 Å². The molecule has 1 N–H and O–H groups in total. The van der Waals surface area contributed by atoms with Crippen molar-refractivity contribution < 1.29 is 9.59 Å². The minimum absolute atomic E-state index is 0.0146. The average Bonchev–Trinajstić information content (AvgIpc) is 3.03. The van der Waals surface area contributed by atoms with Crippen LogP contribution in [0.2, 0.25) is 0 Å². The standard InChI is InChI=1S/C22H26N2O2/c1-16-8-6-12-20(17(16)2)24-15-19(14-21(24)25)22(26)23-13-7-11-18-9-4-3-5-10-18/h3-6,8-10,12,19H,7,11,13-15H2,1-2H3,(H,23,26). The maximum atomic E-state index is 12.4. The Hall–Kier alpha value is -2.62. The van der Waals surface area contributed by atoms with Gasteiger partial charge < -0.3 is 10.2 Å². The summed E-state index contributed by atoms with van der Waals surface area (Å²) in [7, 11) is 0. The van der Waals surface area contributed by atoms with E-state index in [9.17, 15) is 9.59 Å². The normalized spacial score (nSPS) is 16.8. The molecule has 1 aliphatic rings. The van der Waals surface area contributed by atoms with Gasteiger partial charge in [0.15, 0.2) is 0 Å². The van der Waals surface area contributed by atoms with Gasteiger partial charge in [0.25, 0.3) is 0 Å². The highest BCUT2D eigenvalue weighted by molar-refractivity contribution is 6.00. The van der Waals surface area contributed by atoms with Crippen molar-refractivity contribution >= 4 is 17.5 Å². The highest BCUT2D eigenvalue weighted by Crippen LogP contribution is 2.29. The highest BCUT2D eigenvalue weighted by Gasteiger charge is 2.35. The molecule has 3 rings (SSSR count). The molecule has 2 amide bonds. The molecule has 1 fully saturated rings. The molecular weight excluding hydrogens is 324 g/mol. The van der Waals surface area contributed by atoms with Crippen LogP contribution in [0.3, 0.4) is 0 Å². The Balaban J connectivity index is 1.51. The Bertz CT molecular complexity index is 786. The van der Waals surface area contributed by atoms with Crippen molar-refractivity contribution in [2.75, 3.05) is 18.0 Å². The molecule has 0 bridgehead atoms. The second-order valence-corrected chi connectivity index (χ2v) is 7.00. The number of carbonyl (C=O) groups is 2. The maximum Gasteiger partial charge on any atom is 0.227 e. The number of rotatable bonds is 6. The van der Waals surface area contributed by atoms with Gasteiger partial charge in [-0.1, -0.05) is 42.5 Å². The minimum atomic E-state index is -0.265. The van der Waals surface area contributed by atoms with E-state index in [4.69, 9.17) is 0 Å². The van der Waals surface area contributed by atoms with Gasteiger partial charge in [0.05, 0.1) is 5.92 Å². The lowest BCUT2D eigenvalue weighted by Crippen LogP contribution is -2.33. The SMILES string of the molecule is Cc1cccc(N2CC(C(=O)NCCCc3ccccc3)CC2=O)c1C. The van der Waals surface area contributed by atoms with Crippen LogP contribution in [-0.2, 0) is 16.0 Å². The summed E-state index contributed by atoms with van der Waals surface area (Å²) in [6, 6.07) is 16.2. The van der Waals surface area contributed by atoms with Gasteiger partial charge in [-0.2, -0.15) is 0 Å². The zero-order chi connectivity index (χ0) is 18.5. The fraction of sp³-hybridized carbons (Fsp3) is 0.364.